The number of carbonyl (C=O) groups excluding carboxylic acids is 2. The second-order valence-electron chi connectivity index (χ2n) is 4.90. The number of amides is 2. The number of carbonyl (C=O) groups is 3. The quantitative estimate of drug-likeness (QED) is 0.734. The van der Waals surface area contributed by atoms with Crippen molar-refractivity contribution in [2.24, 2.45) is 0 Å². The van der Waals surface area contributed by atoms with E-state index in [9.17, 15) is 19.5 Å². The van der Waals surface area contributed by atoms with Crippen LogP contribution in [0.15, 0.2) is 0 Å². The normalized spacial score (nSPS) is 18.8. The van der Waals surface area contributed by atoms with Crippen molar-refractivity contribution >= 4 is 18.0 Å². The molecule has 2 N–H and O–H groups in total. The number of likely N-dealkylation sites (tertiary alicyclic amines) is 1. The standard InChI is InChI=1S/C13H22N2O5/c1-4-13(5-2,11(17)18)14-12(19)15-8-6-7-9(15)10(16)20-3/h9H,4-8H2,1-3H3,(H,14,19)(H,17,18). The van der Waals surface area contributed by atoms with Gasteiger partial charge in [-0.1, -0.05) is 13.8 Å². The lowest BCUT2D eigenvalue weighted by Crippen LogP contribution is -2.58. The molecule has 20 heavy (non-hydrogen) atoms. The summed E-state index contributed by atoms with van der Waals surface area (Å²) >= 11 is 0. The van der Waals surface area contributed by atoms with Crippen LogP contribution < -0.4 is 5.32 Å². The van der Waals surface area contributed by atoms with Gasteiger partial charge in [0.25, 0.3) is 0 Å². The molecule has 7 nitrogen and oxygen atoms in total. The minimum Gasteiger partial charge on any atom is -0.480 e. The van der Waals surface area contributed by atoms with Crippen LogP contribution in [-0.2, 0) is 14.3 Å². The summed E-state index contributed by atoms with van der Waals surface area (Å²) < 4.78 is 4.67. The minimum atomic E-state index is -1.29. The third-order valence-corrected chi connectivity index (χ3v) is 3.95. The summed E-state index contributed by atoms with van der Waals surface area (Å²) in [6.07, 6.45) is 1.80. The van der Waals surface area contributed by atoms with Gasteiger partial charge < -0.3 is 20.1 Å². The number of hydrogen-bond donors (Lipinski definition) is 2. The Kier molecular flexibility index (Phi) is 5.35. The van der Waals surface area contributed by atoms with Gasteiger partial charge in [0.15, 0.2) is 0 Å². The summed E-state index contributed by atoms with van der Waals surface area (Å²) in [5, 5.41) is 11.9. The van der Waals surface area contributed by atoms with E-state index < -0.39 is 29.6 Å². The molecule has 0 bridgehead atoms. The molecule has 2 amide bonds. The molecule has 0 aliphatic carbocycles. The van der Waals surface area contributed by atoms with Crippen LogP contribution >= 0.6 is 0 Å². The van der Waals surface area contributed by atoms with E-state index in [-0.39, 0.29) is 12.8 Å². The largest absolute Gasteiger partial charge is 0.480 e. The summed E-state index contributed by atoms with van der Waals surface area (Å²) in [6.45, 7) is 3.84. The van der Waals surface area contributed by atoms with Gasteiger partial charge in [-0.25, -0.2) is 14.4 Å². The number of rotatable bonds is 5. The van der Waals surface area contributed by atoms with Gasteiger partial charge in [0.1, 0.15) is 11.6 Å². The van der Waals surface area contributed by atoms with Crippen LogP contribution in [0, 0.1) is 0 Å². The third kappa shape index (κ3) is 3.02. The summed E-state index contributed by atoms with van der Waals surface area (Å²) in [5.74, 6) is -1.53. The van der Waals surface area contributed by atoms with Crippen LogP contribution in [0.2, 0.25) is 0 Å². The molecule has 1 rings (SSSR count). The van der Waals surface area contributed by atoms with Gasteiger partial charge in [0, 0.05) is 6.54 Å². The highest BCUT2D eigenvalue weighted by Gasteiger charge is 2.41. The SMILES string of the molecule is CCC(CC)(NC(=O)N1CCCC1C(=O)OC)C(=O)O. The first-order chi connectivity index (χ1) is 9.41. The van der Waals surface area contributed by atoms with E-state index in [1.807, 2.05) is 0 Å². The lowest BCUT2D eigenvalue weighted by Gasteiger charge is -2.32. The van der Waals surface area contributed by atoms with Gasteiger partial charge in [-0.15, -0.1) is 0 Å². The first kappa shape index (κ1) is 16.3. The number of urea groups is 1. The van der Waals surface area contributed by atoms with Gasteiger partial charge in [-0.3, -0.25) is 0 Å². The smallest absolute Gasteiger partial charge is 0.329 e. The molecule has 0 radical (unpaired) electrons. The van der Waals surface area contributed by atoms with Crippen LogP contribution in [0.5, 0.6) is 0 Å². The number of nitrogens with zero attached hydrogens (tertiary/aromatic N) is 1. The van der Waals surface area contributed by atoms with Crippen LogP contribution in [-0.4, -0.2) is 53.2 Å². The van der Waals surface area contributed by atoms with Gasteiger partial charge in [-0.2, -0.15) is 0 Å². The first-order valence-electron chi connectivity index (χ1n) is 6.81. The highest BCUT2D eigenvalue weighted by molar-refractivity contribution is 5.89. The number of carboxylic acid groups (broad SMARTS) is 1. The highest BCUT2D eigenvalue weighted by atomic mass is 16.5. The molecule has 0 aromatic heterocycles. The lowest BCUT2D eigenvalue weighted by molar-refractivity contribution is -0.145. The average Bonchev–Trinajstić information content (AvgIpc) is 2.92. The highest BCUT2D eigenvalue weighted by Crippen LogP contribution is 2.21. The van der Waals surface area contributed by atoms with Crippen LogP contribution in [0.4, 0.5) is 4.79 Å². The second-order valence-corrected chi connectivity index (χ2v) is 4.90. The summed E-state index contributed by atoms with van der Waals surface area (Å²) in [7, 11) is 1.27. The van der Waals surface area contributed by atoms with E-state index in [1.54, 1.807) is 13.8 Å². The molecular weight excluding hydrogens is 264 g/mol. The zero-order chi connectivity index (χ0) is 15.3. The number of methoxy groups -OCH3 is 1. The third-order valence-electron chi connectivity index (χ3n) is 3.95. The van der Waals surface area contributed by atoms with Gasteiger partial charge in [0.2, 0.25) is 0 Å². The van der Waals surface area contributed by atoms with E-state index >= 15 is 0 Å². The van der Waals surface area contributed by atoms with Crippen molar-refractivity contribution in [2.45, 2.75) is 51.1 Å². The molecule has 0 aromatic rings. The van der Waals surface area contributed by atoms with Crippen LogP contribution in [0.25, 0.3) is 0 Å². The molecular formula is C13H22N2O5. The van der Waals surface area contributed by atoms with Crippen molar-refractivity contribution in [1.29, 1.82) is 0 Å². The van der Waals surface area contributed by atoms with E-state index in [1.165, 1.54) is 12.0 Å². The van der Waals surface area contributed by atoms with Crippen molar-refractivity contribution in [2.75, 3.05) is 13.7 Å². The van der Waals surface area contributed by atoms with Crippen molar-refractivity contribution < 1.29 is 24.2 Å². The Morgan fingerprint density at radius 2 is 1.95 bits per heavy atom. The predicted octanol–water partition coefficient (Wildman–Crippen LogP) is 0.977. The molecule has 1 aliphatic rings. The Bertz CT molecular complexity index is 392. The first-order valence-corrected chi connectivity index (χ1v) is 6.81. The number of hydrogen-bond acceptors (Lipinski definition) is 4. The fraction of sp³-hybridized carbons (Fsp3) is 0.769. The van der Waals surface area contributed by atoms with Crippen molar-refractivity contribution in [3.05, 3.63) is 0 Å². The Hall–Kier alpha value is -1.79. The molecule has 0 saturated carbocycles. The Labute approximate surface area is 118 Å². The molecule has 1 saturated heterocycles. The molecule has 114 valence electrons. The number of carboxylic acids is 1. The molecule has 1 fully saturated rings. The number of nitrogens with one attached hydrogen (secondary N) is 1. The topological polar surface area (TPSA) is 95.9 Å². The maximum absolute atomic E-state index is 12.3. The lowest BCUT2D eigenvalue weighted by atomic mass is 9.93. The zero-order valence-electron chi connectivity index (χ0n) is 12.1. The van der Waals surface area contributed by atoms with E-state index in [4.69, 9.17) is 0 Å². The fourth-order valence-corrected chi connectivity index (χ4v) is 2.45. The maximum Gasteiger partial charge on any atom is 0.329 e. The van der Waals surface area contributed by atoms with Crippen LogP contribution in [0.3, 0.4) is 0 Å². The molecule has 7 heteroatoms. The van der Waals surface area contributed by atoms with E-state index in [0.717, 1.165) is 0 Å². The molecule has 1 heterocycles. The van der Waals surface area contributed by atoms with E-state index in [2.05, 4.69) is 10.1 Å². The predicted molar refractivity (Wildman–Crippen MR) is 71.2 cm³/mol. The number of esters is 1. The summed E-state index contributed by atoms with van der Waals surface area (Å²) in [6, 6.07) is -1.15. The molecule has 1 unspecified atom stereocenters. The van der Waals surface area contributed by atoms with Gasteiger partial charge >= 0.3 is 18.0 Å². The summed E-state index contributed by atoms with van der Waals surface area (Å²) in [5.41, 5.74) is -1.29. The van der Waals surface area contributed by atoms with Gasteiger partial charge in [-0.05, 0) is 25.7 Å². The van der Waals surface area contributed by atoms with E-state index in [0.29, 0.717) is 19.4 Å². The summed E-state index contributed by atoms with van der Waals surface area (Å²) in [4.78, 5) is 36.6. The van der Waals surface area contributed by atoms with Crippen molar-refractivity contribution in [3.63, 3.8) is 0 Å². The number of aliphatic carboxylic acids is 1. The number of ether oxygens (including phenoxy) is 1. The fourth-order valence-electron chi connectivity index (χ4n) is 2.45. The molecule has 1 atom stereocenters. The monoisotopic (exact) mass is 286 g/mol. The Morgan fingerprint density at radius 1 is 1.35 bits per heavy atom. The molecule has 1 aliphatic heterocycles. The molecule has 0 aromatic carbocycles. The second kappa shape index (κ2) is 6.58. The Morgan fingerprint density at radius 3 is 2.40 bits per heavy atom. The Balaban J connectivity index is 2.84. The average molecular weight is 286 g/mol. The minimum absolute atomic E-state index is 0.279. The van der Waals surface area contributed by atoms with Crippen molar-refractivity contribution in [3.8, 4) is 0 Å². The van der Waals surface area contributed by atoms with Crippen molar-refractivity contribution in [1.82, 2.24) is 10.2 Å². The van der Waals surface area contributed by atoms with Crippen LogP contribution in [0.1, 0.15) is 39.5 Å². The zero-order valence-corrected chi connectivity index (χ0v) is 12.1. The van der Waals surface area contributed by atoms with Gasteiger partial charge in [0.05, 0.1) is 7.11 Å². The maximum atomic E-state index is 12.3. The molecule has 0 spiro atoms.